The molecule has 0 spiro atoms. The average Bonchev–Trinajstić information content (AvgIpc) is 1.84. The minimum atomic E-state index is -4.86. The minimum absolute atomic E-state index is 0. The largest absolute Gasteiger partial charge is 1.00 e. The van der Waals surface area contributed by atoms with Gasteiger partial charge in [0.15, 0.2) is 5.79 Å². The van der Waals surface area contributed by atoms with Crippen molar-refractivity contribution in [3.63, 3.8) is 0 Å². The van der Waals surface area contributed by atoms with Crippen molar-refractivity contribution in [1.29, 1.82) is 0 Å². The molecule has 0 bridgehead atoms. The van der Waals surface area contributed by atoms with E-state index in [4.69, 9.17) is 0 Å². The Morgan fingerprint density at radius 3 is 2.38 bits per heavy atom. The molecular formula is C6H11NaO5S. The zero-order chi connectivity index (χ0) is 9.83. The average molecular weight is 218 g/mol. The molecule has 0 aromatic carbocycles. The monoisotopic (exact) mass is 218 g/mol. The van der Waals surface area contributed by atoms with Crippen LogP contribution in [-0.4, -0.2) is 23.9 Å². The molecule has 0 fully saturated rings. The fraction of sp³-hybridized carbons (Fsp3) is 0.667. The molecule has 0 heterocycles. The van der Waals surface area contributed by atoms with Crippen LogP contribution < -0.4 is 29.6 Å². The summed E-state index contributed by atoms with van der Waals surface area (Å²) < 4.78 is 34.2. The van der Waals surface area contributed by atoms with Crippen molar-refractivity contribution >= 4 is 10.4 Å². The van der Waals surface area contributed by atoms with E-state index < -0.39 is 16.2 Å². The second-order valence-electron chi connectivity index (χ2n) is 2.28. The third kappa shape index (κ3) is 7.63. The minimum Gasteiger partial charge on any atom is -0.725 e. The summed E-state index contributed by atoms with van der Waals surface area (Å²) >= 11 is 0. The van der Waals surface area contributed by atoms with Crippen LogP contribution in [0.5, 0.6) is 0 Å². The van der Waals surface area contributed by atoms with Crippen LogP contribution in [0, 0.1) is 0 Å². The van der Waals surface area contributed by atoms with Crippen molar-refractivity contribution in [1.82, 2.24) is 0 Å². The van der Waals surface area contributed by atoms with Gasteiger partial charge < -0.3 is 9.66 Å². The number of rotatable bonds is 5. The summed E-state index contributed by atoms with van der Waals surface area (Å²) in [5, 5.41) is 9.28. The van der Waals surface area contributed by atoms with Crippen LogP contribution in [0.2, 0.25) is 0 Å². The van der Waals surface area contributed by atoms with Crippen molar-refractivity contribution in [3.05, 3.63) is 12.7 Å². The van der Waals surface area contributed by atoms with E-state index in [2.05, 4.69) is 10.8 Å². The van der Waals surface area contributed by atoms with Gasteiger partial charge in [0.25, 0.3) is 0 Å². The van der Waals surface area contributed by atoms with Gasteiger partial charge in [-0.05, 0) is 6.42 Å². The summed E-state index contributed by atoms with van der Waals surface area (Å²) in [6.45, 7) is 4.78. The summed E-state index contributed by atoms with van der Waals surface area (Å²) in [6, 6.07) is 0. The van der Waals surface area contributed by atoms with Gasteiger partial charge in [-0.2, -0.15) is 0 Å². The summed E-state index contributed by atoms with van der Waals surface area (Å²) in [4.78, 5) is 0. The first-order valence-electron chi connectivity index (χ1n) is 3.33. The Labute approximate surface area is 100 Å². The molecule has 1 N–H and O–H groups in total. The van der Waals surface area contributed by atoms with Gasteiger partial charge in [0, 0.05) is 6.42 Å². The Balaban J connectivity index is 0. The molecular weight excluding hydrogens is 207 g/mol. The molecule has 1 unspecified atom stereocenters. The van der Waals surface area contributed by atoms with Gasteiger partial charge in [0.1, 0.15) is 0 Å². The standard InChI is InChI=1S/C6H12O5S.Na/c1-3-5-6(7,4-2)11-12(8,9)10;/h3,7H,1,4-5H2,2H3,(H,8,9,10);/q;+1/p-1. The second kappa shape index (κ2) is 6.13. The molecule has 0 aliphatic heterocycles. The van der Waals surface area contributed by atoms with Gasteiger partial charge in [-0.15, -0.1) is 6.58 Å². The molecule has 0 aromatic rings. The second-order valence-corrected chi connectivity index (χ2v) is 3.27. The predicted octanol–water partition coefficient (Wildman–Crippen LogP) is -2.86. The Hall–Kier alpha value is 0.570. The van der Waals surface area contributed by atoms with Crippen LogP contribution in [0.15, 0.2) is 12.7 Å². The molecule has 7 heteroatoms. The van der Waals surface area contributed by atoms with Crippen molar-refractivity contribution < 1.29 is 51.8 Å². The Kier molecular flexibility index (Phi) is 7.55. The molecule has 0 aliphatic rings. The van der Waals surface area contributed by atoms with Gasteiger partial charge in [-0.3, -0.25) is 0 Å². The Morgan fingerprint density at radius 2 is 2.15 bits per heavy atom. The summed E-state index contributed by atoms with van der Waals surface area (Å²) in [5.74, 6) is -1.94. The fourth-order valence-corrected chi connectivity index (χ4v) is 1.22. The molecule has 0 saturated heterocycles. The predicted molar refractivity (Wildman–Crippen MR) is 40.8 cm³/mol. The normalized spacial score (nSPS) is 15.6. The van der Waals surface area contributed by atoms with Gasteiger partial charge >= 0.3 is 29.6 Å². The third-order valence-electron chi connectivity index (χ3n) is 1.27. The van der Waals surface area contributed by atoms with Crippen LogP contribution in [0.3, 0.4) is 0 Å². The van der Waals surface area contributed by atoms with Crippen LogP contribution in [0.1, 0.15) is 19.8 Å². The van der Waals surface area contributed by atoms with Gasteiger partial charge in [-0.25, -0.2) is 12.6 Å². The van der Waals surface area contributed by atoms with E-state index in [0.717, 1.165) is 0 Å². The first-order chi connectivity index (χ1) is 5.33. The SMILES string of the molecule is C=CCC(O)(CC)OS(=O)(=O)[O-].[Na+]. The summed E-state index contributed by atoms with van der Waals surface area (Å²) in [6.07, 6.45) is 1.17. The molecule has 72 valence electrons. The van der Waals surface area contributed by atoms with Crippen LogP contribution in [0.4, 0.5) is 0 Å². The molecule has 0 aliphatic carbocycles. The molecule has 0 aromatic heterocycles. The summed E-state index contributed by atoms with van der Waals surface area (Å²) in [5.41, 5.74) is 0. The number of hydrogen-bond donors (Lipinski definition) is 1. The molecule has 0 saturated carbocycles. The fourth-order valence-electron chi connectivity index (χ4n) is 0.653. The molecule has 5 nitrogen and oxygen atoms in total. The molecule has 0 amide bonds. The topological polar surface area (TPSA) is 86.7 Å². The maximum Gasteiger partial charge on any atom is 1.00 e. The van der Waals surface area contributed by atoms with Crippen molar-refractivity contribution in [2.45, 2.75) is 25.6 Å². The molecule has 0 radical (unpaired) electrons. The zero-order valence-corrected chi connectivity index (χ0v) is 10.5. The maximum absolute atomic E-state index is 10.1. The quantitative estimate of drug-likeness (QED) is 0.176. The smallest absolute Gasteiger partial charge is 0.725 e. The van der Waals surface area contributed by atoms with Crippen molar-refractivity contribution in [3.8, 4) is 0 Å². The zero-order valence-electron chi connectivity index (χ0n) is 7.69. The maximum atomic E-state index is 10.1. The van der Waals surface area contributed by atoms with Gasteiger partial charge in [0.2, 0.25) is 10.4 Å². The first kappa shape index (κ1) is 16.0. The van der Waals surface area contributed by atoms with E-state index in [-0.39, 0.29) is 42.4 Å². The van der Waals surface area contributed by atoms with E-state index >= 15 is 0 Å². The van der Waals surface area contributed by atoms with E-state index in [9.17, 15) is 18.1 Å². The molecule has 1 atom stereocenters. The Morgan fingerprint density at radius 1 is 1.69 bits per heavy atom. The summed E-state index contributed by atoms with van der Waals surface area (Å²) in [7, 11) is -4.86. The number of hydrogen-bond acceptors (Lipinski definition) is 5. The van der Waals surface area contributed by atoms with Crippen molar-refractivity contribution in [2.24, 2.45) is 0 Å². The van der Waals surface area contributed by atoms with Gasteiger partial charge in [0.05, 0.1) is 0 Å². The van der Waals surface area contributed by atoms with Crippen LogP contribution >= 0.6 is 0 Å². The molecule has 0 rings (SSSR count). The van der Waals surface area contributed by atoms with Crippen LogP contribution in [0.25, 0.3) is 0 Å². The van der Waals surface area contributed by atoms with E-state index in [1.165, 1.54) is 13.0 Å². The first-order valence-corrected chi connectivity index (χ1v) is 4.66. The number of aliphatic hydroxyl groups is 1. The third-order valence-corrected chi connectivity index (χ3v) is 1.79. The van der Waals surface area contributed by atoms with Gasteiger partial charge in [-0.1, -0.05) is 13.0 Å². The Bertz CT molecular complexity index is 250. The van der Waals surface area contributed by atoms with E-state index in [0.29, 0.717) is 0 Å². The van der Waals surface area contributed by atoms with E-state index in [1.54, 1.807) is 0 Å². The molecule has 13 heavy (non-hydrogen) atoms. The van der Waals surface area contributed by atoms with Crippen molar-refractivity contribution in [2.75, 3.05) is 0 Å². The van der Waals surface area contributed by atoms with E-state index in [1.807, 2.05) is 0 Å². The van der Waals surface area contributed by atoms with Crippen LogP contribution in [-0.2, 0) is 14.6 Å².